The van der Waals surface area contributed by atoms with Crippen molar-refractivity contribution in [3.63, 3.8) is 0 Å². The average Bonchev–Trinajstić information content (AvgIpc) is 3.66. The Labute approximate surface area is 233 Å². The van der Waals surface area contributed by atoms with Gasteiger partial charge in [0.25, 0.3) is 0 Å². The molecule has 6 rings (SSSR count). The van der Waals surface area contributed by atoms with Crippen LogP contribution in [0.2, 0.25) is 0 Å². The highest BCUT2D eigenvalue weighted by Crippen LogP contribution is 2.37. The minimum absolute atomic E-state index is 0.127. The zero-order valence-electron chi connectivity index (χ0n) is 23.3. The number of nitrogens with zero attached hydrogens (tertiary/aromatic N) is 4. The number of halogens is 1. The van der Waals surface area contributed by atoms with Crippen LogP contribution in [-0.4, -0.2) is 37.0 Å². The molecule has 0 bridgehead atoms. The van der Waals surface area contributed by atoms with Crippen LogP contribution in [0, 0.1) is 5.82 Å². The largest absolute Gasteiger partial charge is 0.436 e. The Morgan fingerprint density at radius 2 is 1.88 bits per heavy atom. The summed E-state index contributed by atoms with van der Waals surface area (Å²) >= 11 is 0. The van der Waals surface area contributed by atoms with Gasteiger partial charge in [-0.1, -0.05) is 45.0 Å². The van der Waals surface area contributed by atoms with Crippen molar-refractivity contribution < 1.29 is 13.9 Å². The zero-order chi connectivity index (χ0) is 28.0. The average molecular weight is 540 g/mol. The van der Waals surface area contributed by atoms with E-state index in [2.05, 4.69) is 48.4 Å². The zero-order valence-corrected chi connectivity index (χ0v) is 23.3. The molecule has 1 fully saturated rings. The molecule has 2 aromatic heterocycles. The highest BCUT2D eigenvalue weighted by atomic mass is 19.1. The number of aryl methyl sites for hydroxylation is 1. The molecule has 1 saturated carbocycles. The van der Waals surface area contributed by atoms with Crippen LogP contribution in [0.5, 0.6) is 0 Å². The predicted molar refractivity (Wildman–Crippen MR) is 154 cm³/mol. The second-order valence-electron chi connectivity index (χ2n) is 11.8. The summed E-state index contributed by atoms with van der Waals surface area (Å²) in [6.45, 7) is 7.18. The fraction of sp³-hybridized carbons (Fsp3) is 0.344. The topological polar surface area (TPSA) is 89.0 Å². The molecule has 2 N–H and O–H groups in total. The first-order valence-corrected chi connectivity index (χ1v) is 13.8. The smallest absolute Gasteiger partial charge is 0.227 e. The van der Waals surface area contributed by atoms with Gasteiger partial charge in [0.05, 0.1) is 6.10 Å². The van der Waals surface area contributed by atoms with Crippen molar-refractivity contribution in [2.75, 3.05) is 0 Å². The van der Waals surface area contributed by atoms with Crippen molar-refractivity contribution in [3.8, 4) is 34.0 Å². The third kappa shape index (κ3) is 5.05. The van der Waals surface area contributed by atoms with Gasteiger partial charge in [-0.25, -0.2) is 9.37 Å². The van der Waals surface area contributed by atoms with Gasteiger partial charge in [-0.3, -0.25) is 0 Å². The molecule has 1 aliphatic rings. The van der Waals surface area contributed by atoms with Gasteiger partial charge in [-0.05, 0) is 71.7 Å². The maximum absolute atomic E-state index is 14.3. The van der Waals surface area contributed by atoms with E-state index in [0.717, 1.165) is 58.2 Å². The Balaban J connectivity index is 1.39. The van der Waals surface area contributed by atoms with Crippen molar-refractivity contribution >= 4 is 11.1 Å². The Bertz CT molecular complexity index is 1680. The minimum atomic E-state index is -0.334. The lowest BCUT2D eigenvalue weighted by molar-refractivity contribution is 0.148. The van der Waals surface area contributed by atoms with Gasteiger partial charge in [0.1, 0.15) is 17.7 Å². The number of aromatic nitrogens is 4. The summed E-state index contributed by atoms with van der Waals surface area (Å²) in [6.07, 6.45) is 4.21. The number of nitrogens with one attached hydrogen (secondary N) is 1. The van der Waals surface area contributed by atoms with Crippen LogP contribution in [0.1, 0.15) is 51.2 Å². The molecular formula is C32H34FN5O2. The summed E-state index contributed by atoms with van der Waals surface area (Å²) in [5.41, 5.74) is 6.86. The number of oxazole rings is 1. The lowest BCUT2D eigenvalue weighted by atomic mass is 9.85. The highest BCUT2D eigenvalue weighted by Gasteiger charge is 2.26. The molecule has 8 heteroatoms. The van der Waals surface area contributed by atoms with E-state index in [1.54, 1.807) is 17.0 Å². The molecule has 5 aromatic rings. The molecule has 0 saturated heterocycles. The number of hydrogen-bond donors (Lipinski definition) is 2. The minimum Gasteiger partial charge on any atom is -0.436 e. The van der Waals surface area contributed by atoms with Crippen molar-refractivity contribution in [1.82, 2.24) is 25.1 Å². The van der Waals surface area contributed by atoms with Gasteiger partial charge in [-0.15, -0.1) is 10.2 Å². The first-order valence-electron chi connectivity index (χ1n) is 13.8. The standard InChI is InChI=1S/C32H34FN5O2/c1-32(2,3)25-13-19(17-34-26-9-6-10-28(26)39)14-27-29(25)40-31(36-27)21-8-5-7-20(15-21)23-12-11-22(33)16-24(23)30-37-35-18-38(30)4/h5,7-8,11-16,18,26,28,34,39H,6,9-10,17H2,1-4H3/t26-,28+/m1/s1. The predicted octanol–water partition coefficient (Wildman–Crippen LogP) is 6.40. The molecule has 0 radical (unpaired) electrons. The monoisotopic (exact) mass is 539 g/mol. The Hall–Kier alpha value is -3.88. The summed E-state index contributed by atoms with van der Waals surface area (Å²) in [4.78, 5) is 4.92. The maximum Gasteiger partial charge on any atom is 0.227 e. The van der Waals surface area contributed by atoms with Gasteiger partial charge in [0.2, 0.25) is 5.89 Å². The van der Waals surface area contributed by atoms with Crippen molar-refractivity contribution in [1.29, 1.82) is 0 Å². The van der Waals surface area contributed by atoms with Gasteiger partial charge in [0, 0.05) is 36.3 Å². The van der Waals surface area contributed by atoms with Gasteiger partial charge in [-0.2, -0.15) is 0 Å². The first kappa shape index (κ1) is 26.3. The number of benzene rings is 3. The number of aliphatic hydroxyl groups excluding tert-OH is 1. The summed E-state index contributed by atoms with van der Waals surface area (Å²) in [7, 11) is 1.84. The van der Waals surface area contributed by atoms with Gasteiger partial charge < -0.3 is 19.4 Å². The van der Waals surface area contributed by atoms with Crippen LogP contribution >= 0.6 is 0 Å². The molecule has 3 aromatic carbocycles. The van der Waals surface area contributed by atoms with Crippen molar-refractivity contribution in [2.24, 2.45) is 7.05 Å². The number of fused-ring (bicyclic) bond motifs is 1. The van der Waals surface area contributed by atoms with Crippen LogP contribution < -0.4 is 5.32 Å². The van der Waals surface area contributed by atoms with E-state index in [9.17, 15) is 9.50 Å². The second kappa shape index (κ2) is 10.3. The van der Waals surface area contributed by atoms with Crippen molar-refractivity contribution in [3.05, 3.63) is 77.9 Å². The summed E-state index contributed by atoms with van der Waals surface area (Å²) in [6, 6.07) is 17.0. The van der Waals surface area contributed by atoms with E-state index >= 15 is 0 Å². The van der Waals surface area contributed by atoms with E-state index < -0.39 is 0 Å². The molecule has 0 unspecified atom stereocenters. The number of rotatable bonds is 6. The van der Waals surface area contributed by atoms with Crippen LogP contribution in [0.3, 0.4) is 0 Å². The maximum atomic E-state index is 14.3. The quantitative estimate of drug-likeness (QED) is 0.260. The van der Waals surface area contributed by atoms with E-state index in [4.69, 9.17) is 9.40 Å². The molecule has 2 atom stereocenters. The fourth-order valence-corrected chi connectivity index (χ4v) is 5.60. The Kier molecular flexibility index (Phi) is 6.76. The number of hydrogen-bond acceptors (Lipinski definition) is 6. The van der Waals surface area contributed by atoms with Crippen molar-refractivity contribution in [2.45, 2.75) is 64.1 Å². The molecule has 0 amide bonds. The van der Waals surface area contributed by atoms with E-state index in [-0.39, 0.29) is 23.4 Å². The molecular weight excluding hydrogens is 505 g/mol. The highest BCUT2D eigenvalue weighted by molar-refractivity contribution is 5.84. The fourth-order valence-electron chi connectivity index (χ4n) is 5.60. The van der Waals surface area contributed by atoms with E-state index in [1.807, 2.05) is 31.3 Å². The van der Waals surface area contributed by atoms with Crippen LogP contribution in [0.15, 0.2) is 65.3 Å². The van der Waals surface area contributed by atoms with Crippen LogP contribution in [0.4, 0.5) is 4.39 Å². The molecule has 0 aliphatic heterocycles. The summed E-state index contributed by atoms with van der Waals surface area (Å²) in [5.74, 6) is 0.781. The molecule has 0 spiro atoms. The summed E-state index contributed by atoms with van der Waals surface area (Å²) in [5, 5.41) is 22.0. The molecule has 7 nitrogen and oxygen atoms in total. The molecule has 2 heterocycles. The number of aliphatic hydroxyl groups is 1. The van der Waals surface area contributed by atoms with Crippen LogP contribution in [-0.2, 0) is 19.0 Å². The van der Waals surface area contributed by atoms with Gasteiger partial charge in [0.15, 0.2) is 11.4 Å². The third-order valence-corrected chi connectivity index (χ3v) is 7.76. The molecule has 1 aliphatic carbocycles. The Morgan fingerprint density at radius 3 is 2.60 bits per heavy atom. The third-order valence-electron chi connectivity index (χ3n) is 7.76. The SMILES string of the molecule is Cn1cnnc1-c1cc(F)ccc1-c1cccc(-c2nc3cc(CN[C@@H]4CCC[C@@H]4O)cc(C(C)(C)C)c3o2)c1. The van der Waals surface area contributed by atoms with E-state index in [1.165, 1.54) is 12.1 Å². The first-order chi connectivity index (χ1) is 19.2. The molecule has 40 heavy (non-hydrogen) atoms. The normalized spacial score (nSPS) is 17.6. The summed E-state index contributed by atoms with van der Waals surface area (Å²) < 4.78 is 22.5. The lowest BCUT2D eigenvalue weighted by Crippen LogP contribution is -2.35. The van der Waals surface area contributed by atoms with Gasteiger partial charge >= 0.3 is 0 Å². The molecule has 206 valence electrons. The second-order valence-corrected chi connectivity index (χ2v) is 11.8. The van der Waals surface area contributed by atoms with Crippen LogP contribution in [0.25, 0.3) is 45.1 Å². The Morgan fingerprint density at radius 1 is 1.05 bits per heavy atom. The van der Waals surface area contributed by atoms with E-state index in [0.29, 0.717) is 23.8 Å². The lowest BCUT2D eigenvalue weighted by Gasteiger charge is -2.21.